The van der Waals surface area contributed by atoms with Crippen molar-refractivity contribution in [3.63, 3.8) is 0 Å². The minimum absolute atomic E-state index is 0.0781. The molecule has 3 nitrogen and oxygen atoms in total. The van der Waals surface area contributed by atoms with E-state index in [1.807, 2.05) is 20.8 Å². The Labute approximate surface area is 74.7 Å². The maximum absolute atomic E-state index is 11.5. The fourth-order valence-electron chi connectivity index (χ4n) is 0.850. The van der Waals surface area contributed by atoms with Gasteiger partial charge in [0.15, 0.2) is 0 Å². The largest absolute Gasteiger partial charge is 0.356 e. The predicted molar refractivity (Wildman–Crippen MR) is 50.8 cm³/mol. The van der Waals surface area contributed by atoms with Gasteiger partial charge in [-0.05, 0) is 19.8 Å². The molecule has 0 saturated carbocycles. The Balaban J connectivity index is 4.03. The molecule has 0 saturated heterocycles. The standard InChI is InChI=1S/C9H20N2O/c1-4-6-11-8(12)9(3,5-2)7-10/h4-7,10H2,1-3H3,(H,11,12). The molecule has 3 N–H and O–H groups in total. The van der Waals surface area contributed by atoms with Gasteiger partial charge in [0.05, 0.1) is 5.41 Å². The fraction of sp³-hybridized carbons (Fsp3) is 0.889. The van der Waals surface area contributed by atoms with Crippen LogP contribution in [0.2, 0.25) is 0 Å². The molecule has 0 heterocycles. The molecular formula is C9H20N2O. The highest BCUT2D eigenvalue weighted by molar-refractivity contribution is 5.82. The van der Waals surface area contributed by atoms with Crippen molar-refractivity contribution in [1.82, 2.24) is 5.32 Å². The van der Waals surface area contributed by atoms with Gasteiger partial charge in [0.1, 0.15) is 0 Å². The summed E-state index contributed by atoms with van der Waals surface area (Å²) in [6, 6.07) is 0. The Morgan fingerprint density at radius 2 is 2.08 bits per heavy atom. The first kappa shape index (κ1) is 11.4. The Kier molecular flexibility index (Phi) is 4.90. The van der Waals surface area contributed by atoms with Crippen LogP contribution in [0.5, 0.6) is 0 Å². The van der Waals surface area contributed by atoms with E-state index in [-0.39, 0.29) is 11.3 Å². The normalized spacial score (nSPS) is 15.3. The van der Waals surface area contributed by atoms with Crippen LogP contribution in [-0.4, -0.2) is 19.0 Å². The third-order valence-electron chi connectivity index (χ3n) is 2.31. The number of carbonyl (C=O) groups is 1. The molecule has 72 valence electrons. The summed E-state index contributed by atoms with van der Waals surface area (Å²) in [5.74, 6) is 0.0781. The second kappa shape index (κ2) is 5.14. The molecule has 1 amide bonds. The first-order chi connectivity index (χ1) is 5.60. The molecule has 1 unspecified atom stereocenters. The van der Waals surface area contributed by atoms with Gasteiger partial charge in [-0.15, -0.1) is 0 Å². The maximum Gasteiger partial charge on any atom is 0.227 e. The molecule has 0 radical (unpaired) electrons. The van der Waals surface area contributed by atoms with Crippen molar-refractivity contribution in [1.29, 1.82) is 0 Å². The van der Waals surface area contributed by atoms with Crippen LogP contribution in [0, 0.1) is 5.41 Å². The minimum Gasteiger partial charge on any atom is -0.356 e. The first-order valence-electron chi connectivity index (χ1n) is 4.59. The van der Waals surface area contributed by atoms with Gasteiger partial charge in [-0.3, -0.25) is 4.79 Å². The summed E-state index contributed by atoms with van der Waals surface area (Å²) in [5, 5.41) is 2.86. The van der Waals surface area contributed by atoms with E-state index >= 15 is 0 Å². The lowest BCUT2D eigenvalue weighted by Gasteiger charge is -2.24. The Morgan fingerprint density at radius 3 is 2.42 bits per heavy atom. The second-order valence-corrected chi connectivity index (χ2v) is 3.37. The highest BCUT2D eigenvalue weighted by Crippen LogP contribution is 2.18. The molecule has 0 aromatic carbocycles. The van der Waals surface area contributed by atoms with Gasteiger partial charge in [-0.1, -0.05) is 13.8 Å². The zero-order valence-corrected chi connectivity index (χ0v) is 8.31. The average Bonchev–Trinajstić information content (AvgIpc) is 2.12. The predicted octanol–water partition coefficient (Wildman–Crippen LogP) is 0.888. The molecule has 0 rings (SSSR count). The number of rotatable bonds is 5. The van der Waals surface area contributed by atoms with Gasteiger partial charge in [-0.2, -0.15) is 0 Å². The van der Waals surface area contributed by atoms with E-state index in [0.29, 0.717) is 6.54 Å². The van der Waals surface area contributed by atoms with Crippen molar-refractivity contribution >= 4 is 5.91 Å². The minimum atomic E-state index is -0.380. The summed E-state index contributed by atoms with van der Waals surface area (Å²) in [4.78, 5) is 11.5. The summed E-state index contributed by atoms with van der Waals surface area (Å²) < 4.78 is 0. The molecule has 12 heavy (non-hydrogen) atoms. The van der Waals surface area contributed by atoms with Crippen molar-refractivity contribution < 1.29 is 4.79 Å². The van der Waals surface area contributed by atoms with E-state index in [0.717, 1.165) is 19.4 Å². The van der Waals surface area contributed by atoms with E-state index in [1.54, 1.807) is 0 Å². The van der Waals surface area contributed by atoms with Crippen LogP contribution in [0.4, 0.5) is 0 Å². The third kappa shape index (κ3) is 2.81. The van der Waals surface area contributed by atoms with E-state index < -0.39 is 0 Å². The lowest BCUT2D eigenvalue weighted by molar-refractivity contribution is -0.129. The van der Waals surface area contributed by atoms with Crippen LogP contribution in [-0.2, 0) is 4.79 Å². The van der Waals surface area contributed by atoms with Crippen molar-refractivity contribution in [2.24, 2.45) is 11.1 Å². The Hall–Kier alpha value is -0.570. The highest BCUT2D eigenvalue weighted by atomic mass is 16.2. The monoisotopic (exact) mass is 172 g/mol. The molecule has 0 aromatic rings. The number of nitrogens with two attached hydrogens (primary N) is 1. The van der Waals surface area contributed by atoms with Gasteiger partial charge in [0.25, 0.3) is 0 Å². The van der Waals surface area contributed by atoms with Gasteiger partial charge >= 0.3 is 0 Å². The molecule has 0 aliphatic rings. The van der Waals surface area contributed by atoms with Crippen LogP contribution in [0.25, 0.3) is 0 Å². The summed E-state index contributed by atoms with van der Waals surface area (Å²) in [6.45, 7) is 7.08. The molecular weight excluding hydrogens is 152 g/mol. The SMILES string of the molecule is CCCNC(=O)C(C)(CC)CN. The van der Waals surface area contributed by atoms with Crippen LogP contribution in [0.3, 0.4) is 0 Å². The molecule has 0 aliphatic carbocycles. The number of hydrogen-bond donors (Lipinski definition) is 2. The van der Waals surface area contributed by atoms with Crippen molar-refractivity contribution in [3.05, 3.63) is 0 Å². The van der Waals surface area contributed by atoms with E-state index in [9.17, 15) is 4.79 Å². The second-order valence-electron chi connectivity index (χ2n) is 3.37. The fourth-order valence-corrected chi connectivity index (χ4v) is 0.850. The van der Waals surface area contributed by atoms with E-state index in [2.05, 4.69) is 5.32 Å². The van der Waals surface area contributed by atoms with Crippen LogP contribution < -0.4 is 11.1 Å². The number of nitrogens with one attached hydrogen (secondary N) is 1. The van der Waals surface area contributed by atoms with Gasteiger partial charge in [-0.25, -0.2) is 0 Å². The molecule has 0 aliphatic heterocycles. The third-order valence-corrected chi connectivity index (χ3v) is 2.31. The Bertz CT molecular complexity index is 141. The molecule has 0 aromatic heterocycles. The zero-order chi connectivity index (χ0) is 9.61. The van der Waals surface area contributed by atoms with E-state index in [1.165, 1.54) is 0 Å². The zero-order valence-electron chi connectivity index (χ0n) is 8.31. The van der Waals surface area contributed by atoms with Crippen molar-refractivity contribution in [3.8, 4) is 0 Å². The molecule has 1 atom stereocenters. The summed E-state index contributed by atoms with van der Waals surface area (Å²) in [5.41, 5.74) is 5.15. The van der Waals surface area contributed by atoms with Gasteiger partial charge in [0, 0.05) is 13.1 Å². The lowest BCUT2D eigenvalue weighted by Crippen LogP contribution is -2.43. The smallest absolute Gasteiger partial charge is 0.227 e. The highest BCUT2D eigenvalue weighted by Gasteiger charge is 2.28. The summed E-state index contributed by atoms with van der Waals surface area (Å²) in [6.07, 6.45) is 1.76. The van der Waals surface area contributed by atoms with Crippen molar-refractivity contribution in [2.75, 3.05) is 13.1 Å². The average molecular weight is 172 g/mol. The van der Waals surface area contributed by atoms with Crippen molar-refractivity contribution in [2.45, 2.75) is 33.6 Å². The summed E-state index contributed by atoms with van der Waals surface area (Å²) in [7, 11) is 0. The first-order valence-corrected chi connectivity index (χ1v) is 4.59. The van der Waals surface area contributed by atoms with Crippen LogP contribution in [0.15, 0.2) is 0 Å². The molecule has 0 spiro atoms. The lowest BCUT2D eigenvalue weighted by atomic mass is 9.87. The van der Waals surface area contributed by atoms with E-state index in [4.69, 9.17) is 5.73 Å². The molecule has 0 bridgehead atoms. The van der Waals surface area contributed by atoms with Crippen LogP contribution in [0.1, 0.15) is 33.6 Å². The van der Waals surface area contributed by atoms with Gasteiger partial charge < -0.3 is 11.1 Å². The Morgan fingerprint density at radius 1 is 1.50 bits per heavy atom. The topological polar surface area (TPSA) is 55.1 Å². The molecule has 3 heteroatoms. The number of hydrogen-bond acceptors (Lipinski definition) is 2. The number of amides is 1. The summed E-state index contributed by atoms with van der Waals surface area (Å²) >= 11 is 0. The maximum atomic E-state index is 11.5. The van der Waals surface area contributed by atoms with Crippen LogP contribution >= 0.6 is 0 Å². The quantitative estimate of drug-likeness (QED) is 0.647. The molecule has 0 fully saturated rings. The van der Waals surface area contributed by atoms with Gasteiger partial charge in [0.2, 0.25) is 5.91 Å². The number of carbonyl (C=O) groups excluding carboxylic acids is 1.